The molecule has 0 aliphatic carbocycles. The van der Waals surface area contributed by atoms with Crippen molar-refractivity contribution in [1.29, 1.82) is 0 Å². The van der Waals surface area contributed by atoms with Crippen LogP contribution >= 0.6 is 0 Å². The second-order valence-electron chi connectivity index (χ2n) is 2.86. The summed E-state index contributed by atoms with van der Waals surface area (Å²) >= 11 is 0. The van der Waals surface area contributed by atoms with Gasteiger partial charge in [-0.25, -0.2) is 13.2 Å². The van der Waals surface area contributed by atoms with Gasteiger partial charge >= 0.3 is 5.97 Å². The second kappa shape index (κ2) is 5.33. The Balaban J connectivity index is 3.36. The van der Waals surface area contributed by atoms with Crippen molar-refractivity contribution in [1.82, 2.24) is 0 Å². The summed E-state index contributed by atoms with van der Waals surface area (Å²) in [5.74, 6) is -0.778. The molecule has 8 heteroatoms. The standard InChI is InChI=1S/C9H9N3O4S/c1-2-16-9(13)7-5-3-4-6-8(7)17(14,15)12-11-10/h3-6H,2H2,1H3. The van der Waals surface area contributed by atoms with Crippen molar-refractivity contribution in [3.05, 3.63) is 40.3 Å². The average molecular weight is 255 g/mol. The fourth-order valence-electron chi connectivity index (χ4n) is 1.16. The van der Waals surface area contributed by atoms with Gasteiger partial charge in [0.2, 0.25) is 0 Å². The molecule has 17 heavy (non-hydrogen) atoms. The zero-order valence-electron chi connectivity index (χ0n) is 8.90. The lowest BCUT2D eigenvalue weighted by atomic mass is 10.2. The number of benzene rings is 1. The van der Waals surface area contributed by atoms with Crippen LogP contribution in [0.2, 0.25) is 0 Å². The third-order valence-corrected chi connectivity index (χ3v) is 3.00. The molecule has 0 bridgehead atoms. The Kier molecular flexibility index (Phi) is 4.08. The zero-order chi connectivity index (χ0) is 12.9. The molecule has 1 rings (SSSR count). The first-order valence-electron chi connectivity index (χ1n) is 4.60. The van der Waals surface area contributed by atoms with Crippen molar-refractivity contribution in [3.8, 4) is 0 Å². The Morgan fingerprint density at radius 2 is 2.12 bits per heavy atom. The number of sulfonamides is 1. The topological polar surface area (TPSA) is 109 Å². The van der Waals surface area contributed by atoms with Crippen LogP contribution in [0.4, 0.5) is 0 Å². The average Bonchev–Trinajstić information content (AvgIpc) is 2.29. The normalized spacial score (nSPS) is 10.4. The van der Waals surface area contributed by atoms with Crippen LogP contribution in [0.25, 0.3) is 10.4 Å². The maximum absolute atomic E-state index is 11.5. The molecule has 0 fully saturated rings. The van der Waals surface area contributed by atoms with Crippen molar-refractivity contribution in [2.24, 2.45) is 4.52 Å². The predicted octanol–water partition coefficient (Wildman–Crippen LogP) is 1.86. The van der Waals surface area contributed by atoms with Crippen LogP contribution in [0.5, 0.6) is 0 Å². The van der Waals surface area contributed by atoms with E-state index in [0.29, 0.717) is 0 Å². The third-order valence-electron chi connectivity index (χ3n) is 1.80. The Labute approximate surface area is 97.7 Å². The first kappa shape index (κ1) is 13.0. The first-order valence-corrected chi connectivity index (χ1v) is 6.04. The minimum Gasteiger partial charge on any atom is -0.462 e. The molecule has 0 unspecified atom stereocenters. The fraction of sp³-hybridized carbons (Fsp3) is 0.222. The number of ether oxygens (including phenoxy) is 1. The molecule has 0 heterocycles. The highest BCUT2D eigenvalue weighted by Crippen LogP contribution is 2.18. The minimum absolute atomic E-state index is 0.120. The highest BCUT2D eigenvalue weighted by molar-refractivity contribution is 7.90. The van der Waals surface area contributed by atoms with Crippen LogP contribution in [0.1, 0.15) is 17.3 Å². The third kappa shape index (κ3) is 2.96. The van der Waals surface area contributed by atoms with Crippen LogP contribution in [0.3, 0.4) is 0 Å². The molecule has 0 N–H and O–H groups in total. The molecule has 0 aliphatic rings. The van der Waals surface area contributed by atoms with Crippen LogP contribution in [0.15, 0.2) is 33.7 Å². The number of azide groups is 1. The van der Waals surface area contributed by atoms with E-state index in [1.54, 1.807) is 6.92 Å². The molecular formula is C9H9N3O4S. The molecule has 0 aromatic heterocycles. The smallest absolute Gasteiger partial charge is 0.339 e. The van der Waals surface area contributed by atoms with Gasteiger partial charge in [0, 0.05) is 9.43 Å². The van der Waals surface area contributed by atoms with E-state index in [2.05, 4.69) is 9.43 Å². The highest BCUT2D eigenvalue weighted by Gasteiger charge is 2.21. The van der Waals surface area contributed by atoms with Crippen LogP contribution < -0.4 is 0 Å². The van der Waals surface area contributed by atoms with E-state index in [-0.39, 0.29) is 17.1 Å². The Bertz CT molecular complexity index is 576. The molecule has 0 radical (unpaired) electrons. The molecule has 0 spiro atoms. The first-order chi connectivity index (χ1) is 8.03. The maximum atomic E-state index is 11.5. The summed E-state index contributed by atoms with van der Waals surface area (Å²) in [6.07, 6.45) is 0. The number of carbonyl (C=O) groups is 1. The van der Waals surface area contributed by atoms with Crippen LogP contribution in [-0.4, -0.2) is 21.0 Å². The molecule has 0 aliphatic heterocycles. The van der Waals surface area contributed by atoms with E-state index in [4.69, 9.17) is 10.3 Å². The molecule has 1 aromatic carbocycles. The van der Waals surface area contributed by atoms with Crippen molar-refractivity contribution >= 4 is 16.0 Å². The molecule has 90 valence electrons. The van der Waals surface area contributed by atoms with Crippen LogP contribution in [-0.2, 0) is 14.8 Å². The monoisotopic (exact) mass is 255 g/mol. The maximum Gasteiger partial charge on any atom is 0.339 e. The minimum atomic E-state index is -4.20. The Morgan fingerprint density at radius 3 is 2.71 bits per heavy atom. The van der Waals surface area contributed by atoms with Crippen molar-refractivity contribution in [3.63, 3.8) is 0 Å². The molecule has 1 aromatic rings. The van der Waals surface area contributed by atoms with Crippen molar-refractivity contribution in [2.45, 2.75) is 11.8 Å². The Morgan fingerprint density at radius 1 is 1.47 bits per heavy atom. The molecule has 0 amide bonds. The molecule has 0 atom stereocenters. The predicted molar refractivity (Wildman–Crippen MR) is 58.7 cm³/mol. The van der Waals surface area contributed by atoms with Gasteiger partial charge in [-0.3, -0.25) is 0 Å². The highest BCUT2D eigenvalue weighted by atomic mass is 32.2. The summed E-state index contributed by atoms with van der Waals surface area (Å²) < 4.78 is 30.4. The van der Waals surface area contributed by atoms with Gasteiger partial charge < -0.3 is 4.74 Å². The molecule has 7 nitrogen and oxygen atoms in total. The summed E-state index contributed by atoms with van der Waals surface area (Å²) in [5.41, 5.74) is 8.01. The summed E-state index contributed by atoms with van der Waals surface area (Å²) in [4.78, 5) is 13.3. The van der Waals surface area contributed by atoms with Gasteiger partial charge in [-0.15, -0.1) is 0 Å². The largest absolute Gasteiger partial charge is 0.462 e. The number of nitrogens with zero attached hydrogens (tertiary/aromatic N) is 3. The summed E-state index contributed by atoms with van der Waals surface area (Å²) in [7, 11) is -4.20. The van der Waals surface area contributed by atoms with E-state index in [1.165, 1.54) is 24.3 Å². The van der Waals surface area contributed by atoms with E-state index >= 15 is 0 Å². The van der Waals surface area contributed by atoms with Crippen molar-refractivity contribution < 1.29 is 17.9 Å². The second-order valence-corrected chi connectivity index (χ2v) is 4.42. The number of carbonyl (C=O) groups excluding carboxylic acids is 1. The van der Waals surface area contributed by atoms with Gasteiger partial charge in [-0.1, -0.05) is 12.1 Å². The molecular weight excluding hydrogens is 246 g/mol. The van der Waals surface area contributed by atoms with Gasteiger partial charge in [-0.2, -0.15) is 0 Å². The van der Waals surface area contributed by atoms with E-state index in [9.17, 15) is 13.2 Å². The van der Waals surface area contributed by atoms with E-state index in [0.717, 1.165) is 0 Å². The SMILES string of the molecule is CCOC(=O)c1ccccc1S(=O)(=O)N=[N+]=[N-]. The van der Waals surface area contributed by atoms with Crippen molar-refractivity contribution in [2.75, 3.05) is 6.61 Å². The summed E-state index contributed by atoms with van der Waals surface area (Å²) in [5, 5.41) is 0. The number of hydrogen-bond donors (Lipinski definition) is 0. The summed E-state index contributed by atoms with van der Waals surface area (Å²) in [6.45, 7) is 1.72. The lowest BCUT2D eigenvalue weighted by Crippen LogP contribution is -2.10. The molecule has 0 saturated carbocycles. The van der Waals surface area contributed by atoms with Gasteiger partial charge in [0.1, 0.15) is 0 Å². The number of rotatable bonds is 4. The van der Waals surface area contributed by atoms with Gasteiger partial charge in [0.25, 0.3) is 10.0 Å². The zero-order valence-corrected chi connectivity index (χ0v) is 9.72. The van der Waals surface area contributed by atoms with Gasteiger partial charge in [-0.05, 0) is 24.6 Å². The van der Waals surface area contributed by atoms with Gasteiger partial charge in [0.15, 0.2) is 0 Å². The Hall–Kier alpha value is -2.05. The lowest BCUT2D eigenvalue weighted by Gasteiger charge is -2.05. The summed E-state index contributed by atoms with van der Waals surface area (Å²) in [6, 6.07) is 5.37. The van der Waals surface area contributed by atoms with E-state index < -0.39 is 16.0 Å². The lowest BCUT2D eigenvalue weighted by molar-refractivity contribution is 0.0522. The number of hydrogen-bond acceptors (Lipinski definition) is 4. The van der Waals surface area contributed by atoms with Gasteiger partial charge in [0.05, 0.1) is 17.1 Å². The number of esters is 1. The fourth-order valence-corrected chi connectivity index (χ4v) is 2.03. The van der Waals surface area contributed by atoms with Crippen LogP contribution in [0, 0.1) is 0 Å². The quantitative estimate of drug-likeness (QED) is 0.354. The molecule has 0 saturated heterocycles. The van der Waals surface area contributed by atoms with E-state index in [1.807, 2.05) is 0 Å².